The molecule has 162 valence electrons. The fraction of sp³-hybridized carbons (Fsp3) is 0. The molecule has 0 amide bonds. The second-order valence-electron chi connectivity index (χ2n) is 9.19. The van der Waals surface area contributed by atoms with E-state index < -0.39 is 0 Å². The van der Waals surface area contributed by atoms with Gasteiger partial charge >= 0.3 is 0 Å². The summed E-state index contributed by atoms with van der Waals surface area (Å²) in [5, 5.41) is 5.15. The number of benzene rings is 5. The number of pyridine rings is 1. The first kappa shape index (κ1) is 18.7. The van der Waals surface area contributed by atoms with Crippen LogP contribution in [0.25, 0.3) is 71.9 Å². The molecule has 0 atom stereocenters. The Kier molecular flexibility index (Phi) is 3.69. The van der Waals surface area contributed by atoms with E-state index in [2.05, 4.69) is 120 Å². The van der Waals surface area contributed by atoms with E-state index in [4.69, 9.17) is 4.98 Å². The van der Waals surface area contributed by atoms with Crippen LogP contribution in [0.3, 0.4) is 0 Å². The molecule has 0 bridgehead atoms. The summed E-state index contributed by atoms with van der Waals surface area (Å²) in [6.45, 7) is 0. The molecule has 2 nitrogen and oxygen atoms in total. The smallest absolute Gasteiger partial charge is 0.138 e. The Morgan fingerprint density at radius 3 is 2.17 bits per heavy atom. The maximum Gasteiger partial charge on any atom is 0.138 e. The van der Waals surface area contributed by atoms with Crippen molar-refractivity contribution in [3.8, 4) is 39.3 Å². The highest BCUT2D eigenvalue weighted by Crippen LogP contribution is 2.51. The predicted octanol–water partition coefficient (Wildman–Crippen LogP) is 8.65. The van der Waals surface area contributed by atoms with Gasteiger partial charge in [0.1, 0.15) is 5.82 Å². The molecular formula is C33H20N2. The van der Waals surface area contributed by atoms with Gasteiger partial charge in [0, 0.05) is 21.9 Å². The lowest BCUT2D eigenvalue weighted by atomic mass is 10.0. The number of hydrogen-bond acceptors (Lipinski definition) is 1. The predicted molar refractivity (Wildman–Crippen MR) is 146 cm³/mol. The Morgan fingerprint density at radius 2 is 1.29 bits per heavy atom. The lowest BCUT2D eigenvalue weighted by molar-refractivity contribution is 1.08. The Balaban J connectivity index is 1.52. The fourth-order valence-electron chi connectivity index (χ4n) is 5.88. The SMILES string of the molecule is c1ccc(-c2cccc(-n3c4ccccc4c4ccc5c(c43)-c3cccc4cccc-5c34)n2)cc1. The maximum atomic E-state index is 5.17. The first-order valence-corrected chi connectivity index (χ1v) is 12.0. The Labute approximate surface area is 202 Å². The molecule has 0 unspecified atom stereocenters. The summed E-state index contributed by atoms with van der Waals surface area (Å²) in [4.78, 5) is 5.17. The van der Waals surface area contributed by atoms with Crippen molar-refractivity contribution in [3.05, 3.63) is 121 Å². The minimum absolute atomic E-state index is 0.939. The van der Waals surface area contributed by atoms with E-state index in [1.807, 2.05) is 6.07 Å². The molecule has 2 heterocycles. The normalized spacial score (nSPS) is 12.0. The summed E-state index contributed by atoms with van der Waals surface area (Å²) in [5.74, 6) is 0.939. The number of hydrogen-bond donors (Lipinski definition) is 0. The number of nitrogens with zero attached hydrogens (tertiary/aromatic N) is 2. The van der Waals surface area contributed by atoms with Crippen LogP contribution in [0.4, 0.5) is 0 Å². The quantitative estimate of drug-likeness (QED) is 0.261. The molecule has 8 rings (SSSR count). The molecule has 7 aromatic rings. The summed E-state index contributed by atoms with van der Waals surface area (Å²) in [7, 11) is 0. The molecular weight excluding hydrogens is 424 g/mol. The van der Waals surface area contributed by atoms with Gasteiger partial charge in [-0.1, -0.05) is 103 Å². The molecule has 0 radical (unpaired) electrons. The van der Waals surface area contributed by atoms with Crippen molar-refractivity contribution in [2.75, 3.05) is 0 Å². The highest BCUT2D eigenvalue weighted by atomic mass is 15.1. The van der Waals surface area contributed by atoms with Gasteiger partial charge in [-0.3, -0.25) is 4.57 Å². The monoisotopic (exact) mass is 444 g/mol. The van der Waals surface area contributed by atoms with Crippen LogP contribution in [0.5, 0.6) is 0 Å². The van der Waals surface area contributed by atoms with Crippen LogP contribution >= 0.6 is 0 Å². The topological polar surface area (TPSA) is 17.8 Å². The van der Waals surface area contributed by atoms with Gasteiger partial charge in [-0.15, -0.1) is 0 Å². The lowest BCUT2D eigenvalue weighted by Crippen LogP contribution is -1.99. The molecule has 0 saturated heterocycles. The zero-order valence-corrected chi connectivity index (χ0v) is 18.9. The van der Waals surface area contributed by atoms with Crippen molar-refractivity contribution in [3.63, 3.8) is 0 Å². The lowest BCUT2D eigenvalue weighted by Gasteiger charge is -2.12. The third-order valence-electron chi connectivity index (χ3n) is 7.33. The minimum atomic E-state index is 0.939. The number of aromatic nitrogens is 2. The van der Waals surface area contributed by atoms with Crippen molar-refractivity contribution in [1.82, 2.24) is 9.55 Å². The van der Waals surface area contributed by atoms with E-state index in [1.54, 1.807) is 0 Å². The highest BCUT2D eigenvalue weighted by Gasteiger charge is 2.26. The van der Waals surface area contributed by atoms with Gasteiger partial charge in [-0.25, -0.2) is 4.98 Å². The average Bonchev–Trinajstić information content (AvgIpc) is 3.44. The van der Waals surface area contributed by atoms with Gasteiger partial charge in [-0.2, -0.15) is 0 Å². The van der Waals surface area contributed by atoms with Gasteiger partial charge in [-0.05, 0) is 45.7 Å². The highest BCUT2D eigenvalue weighted by molar-refractivity contribution is 6.24. The third-order valence-corrected chi connectivity index (χ3v) is 7.33. The summed E-state index contributed by atoms with van der Waals surface area (Å²) in [6.07, 6.45) is 0. The van der Waals surface area contributed by atoms with Crippen LogP contribution in [0.1, 0.15) is 0 Å². The first-order chi connectivity index (χ1) is 17.4. The second-order valence-corrected chi connectivity index (χ2v) is 9.19. The van der Waals surface area contributed by atoms with Crippen LogP contribution in [-0.4, -0.2) is 9.55 Å². The Morgan fingerprint density at radius 1 is 0.514 bits per heavy atom. The van der Waals surface area contributed by atoms with E-state index >= 15 is 0 Å². The van der Waals surface area contributed by atoms with Gasteiger partial charge in [0.15, 0.2) is 0 Å². The molecule has 0 fully saturated rings. The molecule has 0 aliphatic heterocycles. The van der Waals surface area contributed by atoms with E-state index in [1.165, 1.54) is 54.8 Å². The minimum Gasteiger partial charge on any atom is -0.293 e. The zero-order chi connectivity index (χ0) is 22.9. The van der Waals surface area contributed by atoms with Gasteiger partial charge in [0.2, 0.25) is 0 Å². The number of rotatable bonds is 2. The second kappa shape index (κ2) is 6.91. The van der Waals surface area contributed by atoms with Crippen molar-refractivity contribution >= 4 is 32.6 Å². The fourth-order valence-corrected chi connectivity index (χ4v) is 5.88. The summed E-state index contributed by atoms with van der Waals surface area (Å²) in [6, 6.07) is 43.3. The Hall–Kier alpha value is -4.69. The largest absolute Gasteiger partial charge is 0.293 e. The van der Waals surface area contributed by atoms with Crippen LogP contribution in [0.2, 0.25) is 0 Å². The van der Waals surface area contributed by atoms with Crippen LogP contribution in [-0.2, 0) is 0 Å². The molecule has 0 N–H and O–H groups in total. The van der Waals surface area contributed by atoms with Crippen molar-refractivity contribution in [2.24, 2.45) is 0 Å². The maximum absolute atomic E-state index is 5.17. The van der Waals surface area contributed by atoms with Gasteiger partial charge < -0.3 is 0 Å². The molecule has 1 aliphatic rings. The van der Waals surface area contributed by atoms with Crippen molar-refractivity contribution in [2.45, 2.75) is 0 Å². The molecule has 2 aromatic heterocycles. The van der Waals surface area contributed by atoms with E-state index in [0.29, 0.717) is 0 Å². The number of para-hydroxylation sites is 1. The standard InChI is InChI=1S/C33H20N2/c1-2-9-21(10-3-1)28-16-8-18-30(34-28)35-29-17-5-4-13-23(29)26-20-19-25-24-14-6-11-22-12-7-15-27(31(22)24)32(25)33(26)35/h1-20H. The summed E-state index contributed by atoms with van der Waals surface area (Å²) >= 11 is 0. The molecule has 0 saturated carbocycles. The van der Waals surface area contributed by atoms with E-state index in [0.717, 1.165) is 17.1 Å². The molecule has 2 heteroatoms. The van der Waals surface area contributed by atoms with Crippen molar-refractivity contribution in [1.29, 1.82) is 0 Å². The van der Waals surface area contributed by atoms with Crippen LogP contribution < -0.4 is 0 Å². The molecule has 35 heavy (non-hydrogen) atoms. The molecule has 0 spiro atoms. The Bertz CT molecular complexity index is 1940. The third kappa shape index (κ3) is 2.51. The van der Waals surface area contributed by atoms with Crippen LogP contribution in [0, 0.1) is 0 Å². The zero-order valence-electron chi connectivity index (χ0n) is 18.9. The molecule has 5 aromatic carbocycles. The average molecular weight is 445 g/mol. The summed E-state index contributed by atoms with van der Waals surface area (Å²) < 4.78 is 2.36. The number of fused-ring (bicyclic) bond motifs is 7. The van der Waals surface area contributed by atoms with Crippen molar-refractivity contribution < 1.29 is 0 Å². The molecule has 1 aliphatic carbocycles. The van der Waals surface area contributed by atoms with Gasteiger partial charge in [0.25, 0.3) is 0 Å². The van der Waals surface area contributed by atoms with E-state index in [9.17, 15) is 0 Å². The van der Waals surface area contributed by atoms with Gasteiger partial charge in [0.05, 0.1) is 16.7 Å². The first-order valence-electron chi connectivity index (χ1n) is 12.0. The van der Waals surface area contributed by atoms with Crippen LogP contribution in [0.15, 0.2) is 121 Å². The summed E-state index contributed by atoms with van der Waals surface area (Å²) in [5.41, 5.74) is 9.73. The van der Waals surface area contributed by atoms with E-state index in [-0.39, 0.29) is 0 Å².